The van der Waals surface area contributed by atoms with E-state index in [1.54, 1.807) is 0 Å². The van der Waals surface area contributed by atoms with E-state index in [0.29, 0.717) is 11.3 Å². The number of hydrogen-bond donors (Lipinski definition) is 1. The number of sulfone groups is 1. The van der Waals surface area contributed by atoms with Gasteiger partial charge in [0.2, 0.25) is 0 Å². The minimum atomic E-state index is -4.07. The van der Waals surface area contributed by atoms with Gasteiger partial charge in [-0.05, 0) is 19.1 Å². The second kappa shape index (κ2) is 7.16. The van der Waals surface area contributed by atoms with Crippen LogP contribution >= 0.6 is 11.3 Å². The number of nitrogens with zero attached hydrogens (tertiary/aromatic N) is 1. The highest BCUT2D eigenvalue weighted by atomic mass is 32.2. The predicted octanol–water partition coefficient (Wildman–Crippen LogP) is 4.05. The second-order valence-electron chi connectivity index (χ2n) is 5.90. The fourth-order valence-electron chi connectivity index (χ4n) is 2.39. The number of anilines is 1. The number of aryl methyl sites for hydroxylation is 1. The van der Waals surface area contributed by atoms with Gasteiger partial charge in [0.15, 0.2) is 9.84 Å². The molecule has 0 aliphatic heterocycles. The summed E-state index contributed by atoms with van der Waals surface area (Å²) in [6.45, 7) is 1.96. The zero-order chi connectivity index (χ0) is 19.8. The van der Waals surface area contributed by atoms with Crippen molar-refractivity contribution >= 4 is 32.8 Å². The fraction of sp³-hybridized carbons (Fsp3) is 0.111. The quantitative estimate of drug-likeness (QED) is 0.707. The van der Waals surface area contributed by atoms with E-state index in [0.717, 1.165) is 23.3 Å². The summed E-state index contributed by atoms with van der Waals surface area (Å²) in [6, 6.07) is 9.11. The Kier molecular flexibility index (Phi) is 5.07. The molecule has 140 valence electrons. The first-order valence-electron chi connectivity index (χ1n) is 7.68. The topological polar surface area (TPSA) is 76.1 Å². The first-order valence-corrected chi connectivity index (χ1v) is 10.5. The number of rotatable bonds is 4. The number of aromatic nitrogens is 1. The Morgan fingerprint density at radius 1 is 1.11 bits per heavy atom. The lowest BCUT2D eigenvalue weighted by molar-refractivity contribution is 0.102. The summed E-state index contributed by atoms with van der Waals surface area (Å²) < 4.78 is 50.7. The van der Waals surface area contributed by atoms with Crippen LogP contribution in [0.15, 0.2) is 46.7 Å². The summed E-state index contributed by atoms with van der Waals surface area (Å²) >= 11 is 1.26. The molecule has 0 bridgehead atoms. The van der Waals surface area contributed by atoms with Gasteiger partial charge < -0.3 is 5.32 Å². The van der Waals surface area contributed by atoms with Gasteiger partial charge in [0.25, 0.3) is 5.91 Å². The maximum Gasteiger partial charge on any atom is 0.275 e. The SMILES string of the molecule is Cc1ccc(-c2nc(C(=O)Nc3cc(F)c(S(C)(=O)=O)c(F)c3)cs2)cc1. The number of carbonyl (C=O) groups is 1. The molecule has 1 heterocycles. The Labute approximate surface area is 158 Å². The van der Waals surface area contributed by atoms with E-state index in [9.17, 15) is 22.0 Å². The predicted molar refractivity (Wildman–Crippen MR) is 99.7 cm³/mol. The molecule has 0 fully saturated rings. The molecule has 0 saturated heterocycles. The Morgan fingerprint density at radius 3 is 2.26 bits per heavy atom. The van der Waals surface area contributed by atoms with Gasteiger partial charge >= 0.3 is 0 Å². The Hall–Kier alpha value is -2.65. The first kappa shape index (κ1) is 19.1. The molecule has 0 unspecified atom stereocenters. The minimum absolute atomic E-state index is 0.0866. The lowest BCUT2D eigenvalue weighted by Crippen LogP contribution is -2.14. The smallest absolute Gasteiger partial charge is 0.275 e. The van der Waals surface area contributed by atoms with Gasteiger partial charge in [-0.2, -0.15) is 0 Å². The number of carbonyl (C=O) groups excluding carboxylic acids is 1. The van der Waals surface area contributed by atoms with E-state index >= 15 is 0 Å². The highest BCUT2D eigenvalue weighted by Crippen LogP contribution is 2.26. The van der Waals surface area contributed by atoms with Crippen LogP contribution in [0.2, 0.25) is 0 Å². The second-order valence-corrected chi connectivity index (χ2v) is 8.71. The Balaban J connectivity index is 1.83. The van der Waals surface area contributed by atoms with E-state index in [4.69, 9.17) is 0 Å². The van der Waals surface area contributed by atoms with Gasteiger partial charge in [0, 0.05) is 22.9 Å². The van der Waals surface area contributed by atoms with Crippen molar-refractivity contribution in [2.75, 3.05) is 11.6 Å². The van der Waals surface area contributed by atoms with E-state index in [-0.39, 0.29) is 11.4 Å². The summed E-state index contributed by atoms with van der Waals surface area (Å²) in [4.78, 5) is 15.5. The van der Waals surface area contributed by atoms with E-state index in [2.05, 4.69) is 10.3 Å². The first-order chi connectivity index (χ1) is 12.6. The van der Waals surface area contributed by atoms with Crippen molar-refractivity contribution in [3.05, 3.63) is 64.7 Å². The van der Waals surface area contributed by atoms with Crippen LogP contribution in [-0.2, 0) is 9.84 Å². The summed E-state index contributed by atoms with van der Waals surface area (Å²) in [5.41, 5.74) is 1.82. The molecule has 0 aliphatic rings. The molecule has 3 aromatic rings. The van der Waals surface area contributed by atoms with Crippen molar-refractivity contribution in [3.8, 4) is 10.6 Å². The lowest BCUT2D eigenvalue weighted by Gasteiger charge is -2.07. The van der Waals surface area contributed by atoms with Crippen molar-refractivity contribution in [2.24, 2.45) is 0 Å². The molecule has 0 aliphatic carbocycles. The minimum Gasteiger partial charge on any atom is -0.320 e. The van der Waals surface area contributed by atoms with Crippen LogP contribution in [0.25, 0.3) is 10.6 Å². The molecule has 3 rings (SSSR count). The Bertz CT molecular complexity index is 1100. The molecule has 9 heteroatoms. The number of amides is 1. The normalized spacial score (nSPS) is 11.4. The molecule has 0 atom stereocenters. The van der Waals surface area contributed by atoms with Crippen LogP contribution in [0, 0.1) is 18.6 Å². The maximum absolute atomic E-state index is 13.9. The molecule has 1 N–H and O–H groups in total. The van der Waals surface area contributed by atoms with Gasteiger partial charge in [-0.3, -0.25) is 4.79 Å². The molecule has 0 spiro atoms. The maximum atomic E-state index is 13.9. The van der Waals surface area contributed by atoms with Gasteiger partial charge in [-0.25, -0.2) is 22.2 Å². The van der Waals surface area contributed by atoms with Crippen LogP contribution in [0.4, 0.5) is 14.5 Å². The van der Waals surface area contributed by atoms with Crippen LogP contribution < -0.4 is 5.32 Å². The number of halogens is 2. The monoisotopic (exact) mass is 408 g/mol. The van der Waals surface area contributed by atoms with Crippen molar-refractivity contribution in [1.82, 2.24) is 4.98 Å². The van der Waals surface area contributed by atoms with E-state index in [1.807, 2.05) is 31.2 Å². The molecular formula is C18H14F2N2O3S2. The van der Waals surface area contributed by atoms with Crippen LogP contribution in [0.3, 0.4) is 0 Å². The molecule has 2 aromatic carbocycles. The van der Waals surface area contributed by atoms with Gasteiger partial charge in [0.1, 0.15) is 27.2 Å². The number of hydrogen-bond acceptors (Lipinski definition) is 5. The van der Waals surface area contributed by atoms with Gasteiger partial charge in [-0.15, -0.1) is 11.3 Å². The average molecular weight is 408 g/mol. The third kappa shape index (κ3) is 4.20. The molecule has 0 radical (unpaired) electrons. The van der Waals surface area contributed by atoms with Crippen molar-refractivity contribution in [3.63, 3.8) is 0 Å². The average Bonchev–Trinajstić information content (AvgIpc) is 3.03. The molecule has 27 heavy (non-hydrogen) atoms. The molecular weight excluding hydrogens is 394 g/mol. The third-order valence-corrected chi connectivity index (χ3v) is 5.69. The van der Waals surface area contributed by atoms with Crippen molar-refractivity contribution in [2.45, 2.75) is 11.8 Å². The lowest BCUT2D eigenvalue weighted by atomic mass is 10.2. The number of benzene rings is 2. The highest BCUT2D eigenvalue weighted by Gasteiger charge is 2.21. The Morgan fingerprint density at radius 2 is 1.70 bits per heavy atom. The van der Waals surface area contributed by atoms with Crippen LogP contribution in [0.5, 0.6) is 0 Å². The summed E-state index contributed by atoms with van der Waals surface area (Å²) in [6.07, 6.45) is 0.703. The summed E-state index contributed by atoms with van der Waals surface area (Å²) in [5, 5.41) is 4.48. The molecule has 5 nitrogen and oxygen atoms in total. The van der Waals surface area contributed by atoms with Gasteiger partial charge in [0.05, 0.1) is 0 Å². The molecule has 1 amide bonds. The number of thiazole rings is 1. The summed E-state index contributed by atoms with van der Waals surface area (Å²) in [7, 11) is -4.07. The highest BCUT2D eigenvalue weighted by molar-refractivity contribution is 7.90. The van der Waals surface area contributed by atoms with Gasteiger partial charge in [-0.1, -0.05) is 29.8 Å². The van der Waals surface area contributed by atoms with E-state index in [1.165, 1.54) is 16.7 Å². The zero-order valence-electron chi connectivity index (χ0n) is 14.3. The fourth-order valence-corrected chi connectivity index (χ4v) is 4.02. The standard InChI is InChI=1S/C18H14F2N2O3S2/c1-10-3-5-11(6-4-10)18-22-15(9-26-18)17(23)21-12-7-13(19)16(14(20)8-12)27(2,24)25/h3-9H,1-2H3,(H,21,23). The van der Waals surface area contributed by atoms with E-state index < -0.39 is 32.3 Å². The zero-order valence-corrected chi connectivity index (χ0v) is 15.9. The number of nitrogens with one attached hydrogen (secondary N) is 1. The summed E-state index contributed by atoms with van der Waals surface area (Å²) in [5.74, 6) is -3.20. The largest absolute Gasteiger partial charge is 0.320 e. The van der Waals surface area contributed by atoms with Crippen molar-refractivity contribution < 1.29 is 22.0 Å². The van der Waals surface area contributed by atoms with Crippen molar-refractivity contribution in [1.29, 1.82) is 0 Å². The third-order valence-electron chi connectivity index (χ3n) is 3.66. The van der Waals surface area contributed by atoms with Crippen LogP contribution in [-0.4, -0.2) is 25.6 Å². The molecule has 0 saturated carbocycles. The molecule has 1 aromatic heterocycles. The van der Waals surface area contributed by atoms with Crippen LogP contribution in [0.1, 0.15) is 16.1 Å².